The van der Waals surface area contributed by atoms with E-state index in [0.717, 1.165) is 31.1 Å². The van der Waals surface area contributed by atoms with E-state index in [0.29, 0.717) is 5.91 Å². The van der Waals surface area contributed by atoms with Gasteiger partial charge in [0.15, 0.2) is 0 Å². The van der Waals surface area contributed by atoms with Crippen LogP contribution in [0.5, 0.6) is 0 Å². The number of benzene rings is 1. The summed E-state index contributed by atoms with van der Waals surface area (Å²) in [6, 6.07) is 8.10. The third-order valence-corrected chi connectivity index (χ3v) is 5.11. The molecule has 21 heavy (non-hydrogen) atoms. The zero-order valence-electron chi connectivity index (χ0n) is 12.6. The number of hydrogen-bond donors (Lipinski definition) is 0. The molecular weight excluding hydrogens is 284 g/mol. The van der Waals surface area contributed by atoms with Crippen molar-refractivity contribution in [3.05, 3.63) is 34.9 Å². The van der Waals surface area contributed by atoms with Gasteiger partial charge < -0.3 is 9.80 Å². The van der Waals surface area contributed by atoms with Crippen LogP contribution in [0.2, 0.25) is 5.02 Å². The fraction of sp³-hybridized carbons (Fsp3) is 0.588. The Morgan fingerprint density at radius 1 is 1.14 bits per heavy atom. The Hall–Kier alpha value is -1.06. The molecule has 1 aromatic carbocycles. The van der Waals surface area contributed by atoms with Crippen LogP contribution in [0.4, 0.5) is 0 Å². The molecule has 0 aliphatic carbocycles. The van der Waals surface area contributed by atoms with Gasteiger partial charge in [-0.3, -0.25) is 4.79 Å². The summed E-state index contributed by atoms with van der Waals surface area (Å²) in [7, 11) is 1.93. The molecule has 0 N–H and O–H groups in total. The van der Waals surface area contributed by atoms with Crippen LogP contribution in [-0.2, 0) is 4.79 Å². The summed E-state index contributed by atoms with van der Waals surface area (Å²) in [6.07, 6.45) is 4.81. The molecule has 2 fully saturated rings. The number of carbonyl (C=O) groups is 1. The van der Waals surface area contributed by atoms with Crippen LogP contribution in [0.3, 0.4) is 0 Å². The van der Waals surface area contributed by atoms with Gasteiger partial charge in [0.25, 0.3) is 0 Å². The number of carbonyl (C=O) groups excluding carboxylic acids is 1. The second-order valence-electron chi connectivity index (χ2n) is 6.31. The summed E-state index contributed by atoms with van der Waals surface area (Å²) >= 11 is 5.95. The number of halogens is 1. The minimum Gasteiger partial charge on any atom is -0.338 e. The number of piperidine rings is 1. The zero-order valence-corrected chi connectivity index (χ0v) is 13.4. The van der Waals surface area contributed by atoms with Crippen LogP contribution in [0.15, 0.2) is 24.3 Å². The van der Waals surface area contributed by atoms with Crippen LogP contribution in [0.1, 0.15) is 37.3 Å². The predicted octanol–water partition coefficient (Wildman–Crippen LogP) is 3.35. The molecule has 0 saturated carbocycles. The molecule has 1 aromatic rings. The Kier molecular flexibility index (Phi) is 4.51. The lowest BCUT2D eigenvalue weighted by atomic mass is 9.98. The van der Waals surface area contributed by atoms with Crippen molar-refractivity contribution in [2.75, 3.05) is 26.7 Å². The van der Waals surface area contributed by atoms with Gasteiger partial charge in [-0.25, -0.2) is 0 Å². The summed E-state index contributed by atoms with van der Waals surface area (Å²) < 4.78 is 0. The van der Waals surface area contributed by atoms with Crippen molar-refractivity contribution in [3.8, 4) is 0 Å². The average molecular weight is 307 g/mol. The number of amides is 1. The minimum atomic E-state index is 0.147. The molecule has 3 rings (SSSR count). The number of hydrogen-bond acceptors (Lipinski definition) is 2. The van der Waals surface area contributed by atoms with Gasteiger partial charge in [0, 0.05) is 18.6 Å². The van der Waals surface area contributed by atoms with E-state index in [4.69, 9.17) is 11.6 Å². The van der Waals surface area contributed by atoms with Gasteiger partial charge in [0.1, 0.15) is 0 Å². The molecule has 1 amide bonds. The first kappa shape index (κ1) is 14.9. The van der Waals surface area contributed by atoms with Crippen LogP contribution >= 0.6 is 11.6 Å². The lowest BCUT2D eigenvalue weighted by Crippen LogP contribution is -2.36. The quantitative estimate of drug-likeness (QED) is 0.855. The van der Waals surface area contributed by atoms with E-state index >= 15 is 0 Å². The summed E-state index contributed by atoms with van der Waals surface area (Å²) in [4.78, 5) is 16.9. The average Bonchev–Trinajstić information content (AvgIpc) is 2.78. The van der Waals surface area contributed by atoms with Gasteiger partial charge in [-0.2, -0.15) is 0 Å². The van der Waals surface area contributed by atoms with Crippen molar-refractivity contribution in [1.82, 2.24) is 9.80 Å². The molecule has 114 valence electrons. The Bertz CT molecular complexity index is 496. The van der Waals surface area contributed by atoms with Gasteiger partial charge >= 0.3 is 0 Å². The lowest BCUT2D eigenvalue weighted by Gasteiger charge is -2.28. The van der Waals surface area contributed by atoms with Crippen molar-refractivity contribution in [3.63, 3.8) is 0 Å². The van der Waals surface area contributed by atoms with Crippen molar-refractivity contribution < 1.29 is 4.79 Å². The SMILES string of the molecule is CN1C(=O)[C@@H](CN2CCCCC2)C[C@H]1c1ccc(Cl)cc1. The summed E-state index contributed by atoms with van der Waals surface area (Å²) in [5.74, 6) is 0.439. The van der Waals surface area contributed by atoms with Crippen molar-refractivity contribution in [1.29, 1.82) is 0 Å². The summed E-state index contributed by atoms with van der Waals surface area (Å²) in [5.41, 5.74) is 1.19. The van der Waals surface area contributed by atoms with E-state index in [1.807, 2.05) is 36.2 Å². The van der Waals surface area contributed by atoms with Crippen LogP contribution in [0, 0.1) is 5.92 Å². The van der Waals surface area contributed by atoms with Gasteiger partial charge in [-0.1, -0.05) is 30.2 Å². The molecule has 3 nitrogen and oxygen atoms in total. The maximum atomic E-state index is 12.5. The van der Waals surface area contributed by atoms with Crippen molar-refractivity contribution >= 4 is 17.5 Å². The molecular formula is C17H23ClN2O. The van der Waals surface area contributed by atoms with E-state index in [1.165, 1.54) is 24.8 Å². The topological polar surface area (TPSA) is 23.6 Å². The molecule has 2 saturated heterocycles. The maximum Gasteiger partial charge on any atom is 0.227 e. The Morgan fingerprint density at radius 2 is 1.81 bits per heavy atom. The predicted molar refractivity (Wildman–Crippen MR) is 85.4 cm³/mol. The fourth-order valence-electron chi connectivity index (χ4n) is 3.62. The molecule has 0 radical (unpaired) electrons. The molecule has 2 aliphatic rings. The highest BCUT2D eigenvalue weighted by atomic mass is 35.5. The molecule has 4 heteroatoms. The molecule has 2 aliphatic heterocycles. The molecule has 0 unspecified atom stereocenters. The molecule has 2 atom stereocenters. The fourth-order valence-corrected chi connectivity index (χ4v) is 3.75. The van der Waals surface area contributed by atoms with Gasteiger partial charge in [-0.05, 0) is 50.0 Å². The normalized spacial score (nSPS) is 27.3. The van der Waals surface area contributed by atoms with E-state index in [9.17, 15) is 4.79 Å². The maximum absolute atomic E-state index is 12.5. The minimum absolute atomic E-state index is 0.147. The Balaban J connectivity index is 1.68. The standard InChI is InChI=1S/C17H23ClN2O/c1-19-16(13-5-7-15(18)8-6-13)11-14(17(19)21)12-20-9-3-2-4-10-20/h5-8,14,16H,2-4,9-12H2,1H3/t14-,16+/m1/s1. The Labute approximate surface area is 131 Å². The second kappa shape index (κ2) is 6.37. The molecule has 2 heterocycles. The second-order valence-corrected chi connectivity index (χ2v) is 6.75. The number of nitrogens with zero attached hydrogens (tertiary/aromatic N) is 2. The van der Waals surface area contributed by atoms with Crippen LogP contribution in [-0.4, -0.2) is 42.4 Å². The summed E-state index contributed by atoms with van der Waals surface area (Å²) in [6.45, 7) is 3.23. The van der Waals surface area contributed by atoms with Gasteiger partial charge in [0.05, 0.1) is 12.0 Å². The third kappa shape index (κ3) is 3.24. The molecule has 0 spiro atoms. The van der Waals surface area contributed by atoms with E-state index in [1.54, 1.807) is 0 Å². The first-order chi connectivity index (χ1) is 10.1. The van der Waals surface area contributed by atoms with Gasteiger partial charge in [-0.15, -0.1) is 0 Å². The smallest absolute Gasteiger partial charge is 0.227 e. The monoisotopic (exact) mass is 306 g/mol. The van der Waals surface area contributed by atoms with E-state index in [2.05, 4.69) is 4.90 Å². The number of likely N-dealkylation sites (tertiary alicyclic amines) is 2. The Morgan fingerprint density at radius 3 is 2.48 bits per heavy atom. The third-order valence-electron chi connectivity index (χ3n) is 4.85. The van der Waals surface area contributed by atoms with Crippen molar-refractivity contribution in [2.24, 2.45) is 5.92 Å². The van der Waals surface area contributed by atoms with Crippen molar-refractivity contribution in [2.45, 2.75) is 31.7 Å². The first-order valence-electron chi connectivity index (χ1n) is 7.89. The first-order valence-corrected chi connectivity index (χ1v) is 8.27. The molecule has 0 bridgehead atoms. The number of rotatable bonds is 3. The summed E-state index contributed by atoms with van der Waals surface area (Å²) in [5, 5.41) is 0.746. The molecule has 0 aromatic heterocycles. The highest BCUT2D eigenvalue weighted by Crippen LogP contribution is 2.36. The highest BCUT2D eigenvalue weighted by molar-refractivity contribution is 6.30. The van der Waals surface area contributed by atoms with Gasteiger partial charge in [0.2, 0.25) is 5.91 Å². The van der Waals surface area contributed by atoms with Crippen LogP contribution in [0.25, 0.3) is 0 Å². The largest absolute Gasteiger partial charge is 0.338 e. The van der Waals surface area contributed by atoms with E-state index in [-0.39, 0.29) is 12.0 Å². The zero-order chi connectivity index (χ0) is 14.8. The lowest BCUT2D eigenvalue weighted by molar-refractivity contribution is -0.131. The highest BCUT2D eigenvalue weighted by Gasteiger charge is 2.38. The van der Waals surface area contributed by atoms with Crippen LogP contribution < -0.4 is 0 Å². The van der Waals surface area contributed by atoms with E-state index < -0.39 is 0 Å².